The van der Waals surface area contributed by atoms with Gasteiger partial charge in [-0.15, -0.1) is 0 Å². The van der Waals surface area contributed by atoms with E-state index in [1.165, 1.54) is 6.07 Å². The van der Waals surface area contributed by atoms with Gasteiger partial charge in [-0.2, -0.15) is 10.4 Å². The van der Waals surface area contributed by atoms with Crippen LogP contribution >= 0.6 is 15.9 Å². The summed E-state index contributed by atoms with van der Waals surface area (Å²) in [6, 6.07) is 6.39. The van der Waals surface area contributed by atoms with Gasteiger partial charge < -0.3 is 5.32 Å². The van der Waals surface area contributed by atoms with E-state index in [1.54, 1.807) is 16.8 Å². The highest BCUT2D eigenvalue weighted by Crippen LogP contribution is 2.23. The molecule has 0 saturated carbocycles. The molecule has 0 bridgehead atoms. The van der Waals surface area contributed by atoms with Crippen LogP contribution in [0.15, 0.2) is 22.7 Å². The van der Waals surface area contributed by atoms with Gasteiger partial charge >= 0.3 is 0 Å². The molecule has 0 saturated heterocycles. The van der Waals surface area contributed by atoms with Crippen molar-refractivity contribution in [1.82, 2.24) is 9.78 Å². The fraction of sp³-hybridized carbons (Fsp3) is 0.231. The summed E-state index contributed by atoms with van der Waals surface area (Å²) >= 11 is 3.46. The van der Waals surface area contributed by atoms with Crippen LogP contribution in [0.3, 0.4) is 0 Å². The molecule has 0 fully saturated rings. The topological polar surface area (TPSA) is 53.6 Å². The third-order valence-corrected chi connectivity index (χ3v) is 3.86. The Morgan fingerprint density at radius 1 is 1.53 bits per heavy atom. The highest BCUT2D eigenvalue weighted by molar-refractivity contribution is 9.10. The molecular formula is C13H12BrFN4. The lowest BCUT2D eigenvalue weighted by molar-refractivity contribution is 0.624. The highest BCUT2D eigenvalue weighted by Gasteiger charge is 2.12. The number of halogens is 2. The Balaban J connectivity index is 2.25. The number of anilines is 1. The number of benzene rings is 1. The molecule has 0 spiro atoms. The molecule has 0 unspecified atom stereocenters. The van der Waals surface area contributed by atoms with Crippen molar-refractivity contribution in [3.8, 4) is 6.07 Å². The summed E-state index contributed by atoms with van der Waals surface area (Å²) in [4.78, 5) is 0. The Labute approximate surface area is 119 Å². The molecule has 19 heavy (non-hydrogen) atoms. The van der Waals surface area contributed by atoms with Gasteiger partial charge in [0.15, 0.2) is 0 Å². The number of rotatable bonds is 3. The van der Waals surface area contributed by atoms with Crippen molar-refractivity contribution in [2.45, 2.75) is 13.5 Å². The van der Waals surface area contributed by atoms with E-state index in [9.17, 15) is 4.39 Å². The summed E-state index contributed by atoms with van der Waals surface area (Å²) in [6.45, 7) is 2.35. The summed E-state index contributed by atoms with van der Waals surface area (Å²) in [6.07, 6.45) is 0. The van der Waals surface area contributed by atoms with Gasteiger partial charge in [-0.05, 0) is 35.0 Å². The quantitative estimate of drug-likeness (QED) is 0.944. The molecule has 1 N–H and O–H groups in total. The second-order valence-electron chi connectivity index (χ2n) is 4.10. The smallest absolute Gasteiger partial charge is 0.143 e. The lowest BCUT2D eigenvalue weighted by atomic mass is 10.2. The average molecular weight is 323 g/mol. The van der Waals surface area contributed by atoms with Gasteiger partial charge in [-0.3, -0.25) is 4.68 Å². The van der Waals surface area contributed by atoms with Crippen LogP contribution in [0, 0.1) is 24.1 Å². The molecule has 2 rings (SSSR count). The van der Waals surface area contributed by atoms with E-state index in [0.717, 1.165) is 15.9 Å². The molecule has 0 aliphatic heterocycles. The molecule has 4 nitrogen and oxygen atoms in total. The number of nitrogens with one attached hydrogen (secondary N) is 1. The summed E-state index contributed by atoms with van der Waals surface area (Å²) in [7, 11) is 1.84. The molecule has 0 aliphatic carbocycles. The Morgan fingerprint density at radius 3 is 2.84 bits per heavy atom. The first-order chi connectivity index (χ1) is 9.04. The maximum absolute atomic E-state index is 13.4. The van der Waals surface area contributed by atoms with E-state index < -0.39 is 5.82 Å². The van der Waals surface area contributed by atoms with Gasteiger partial charge in [-0.1, -0.05) is 6.07 Å². The first kappa shape index (κ1) is 13.6. The molecular weight excluding hydrogens is 311 g/mol. The molecule has 0 amide bonds. The Hall–Kier alpha value is -1.87. The van der Waals surface area contributed by atoms with Crippen LogP contribution in [0.2, 0.25) is 0 Å². The van der Waals surface area contributed by atoms with E-state index in [-0.39, 0.29) is 5.56 Å². The van der Waals surface area contributed by atoms with Crippen molar-refractivity contribution >= 4 is 21.6 Å². The summed E-state index contributed by atoms with van der Waals surface area (Å²) in [5.74, 6) is -0.521. The van der Waals surface area contributed by atoms with Crippen LogP contribution in [0.25, 0.3) is 0 Å². The van der Waals surface area contributed by atoms with Gasteiger partial charge in [0.1, 0.15) is 17.4 Å². The van der Waals surface area contributed by atoms with Crippen LogP contribution in [0.4, 0.5) is 10.1 Å². The zero-order chi connectivity index (χ0) is 14.0. The van der Waals surface area contributed by atoms with E-state index in [4.69, 9.17) is 5.26 Å². The summed E-state index contributed by atoms with van der Waals surface area (Å²) in [5.41, 5.74) is 2.33. The van der Waals surface area contributed by atoms with Crippen LogP contribution < -0.4 is 5.32 Å². The lowest BCUT2D eigenvalue weighted by Gasteiger charge is -2.09. The molecule has 1 aromatic heterocycles. The monoisotopic (exact) mass is 322 g/mol. The third-order valence-electron chi connectivity index (χ3n) is 2.83. The predicted octanol–water partition coefficient (Wildman–Crippen LogP) is 3.11. The zero-order valence-electron chi connectivity index (χ0n) is 10.5. The van der Waals surface area contributed by atoms with E-state index in [0.29, 0.717) is 12.2 Å². The fourth-order valence-corrected chi connectivity index (χ4v) is 2.31. The summed E-state index contributed by atoms with van der Waals surface area (Å²) in [5, 5.41) is 16.3. The van der Waals surface area contributed by atoms with Gasteiger partial charge in [0, 0.05) is 7.05 Å². The molecule has 1 aromatic carbocycles. The minimum atomic E-state index is -0.521. The first-order valence-corrected chi connectivity index (χ1v) is 6.44. The van der Waals surface area contributed by atoms with Crippen molar-refractivity contribution in [2.75, 3.05) is 5.32 Å². The molecule has 1 heterocycles. The van der Waals surface area contributed by atoms with Crippen LogP contribution in [-0.2, 0) is 13.6 Å². The molecule has 2 aromatic rings. The van der Waals surface area contributed by atoms with Gasteiger partial charge in [-0.25, -0.2) is 4.39 Å². The minimum Gasteiger partial charge on any atom is -0.378 e. The average Bonchev–Trinajstić information content (AvgIpc) is 2.61. The molecule has 0 radical (unpaired) electrons. The number of hydrogen-bond donors (Lipinski definition) is 1. The SMILES string of the molecule is Cc1nn(C)c(CNc2cccc(F)c2C#N)c1Br. The Bertz CT molecular complexity index is 657. The molecule has 0 atom stereocenters. The van der Waals surface area contributed by atoms with Crippen LogP contribution in [0.5, 0.6) is 0 Å². The Kier molecular flexibility index (Phi) is 3.86. The van der Waals surface area contributed by atoms with Crippen molar-refractivity contribution in [1.29, 1.82) is 5.26 Å². The summed E-state index contributed by atoms with van der Waals surface area (Å²) < 4.78 is 16.1. The Morgan fingerprint density at radius 2 is 2.26 bits per heavy atom. The minimum absolute atomic E-state index is 0.0255. The predicted molar refractivity (Wildman–Crippen MR) is 74.1 cm³/mol. The molecule has 6 heteroatoms. The second-order valence-corrected chi connectivity index (χ2v) is 4.89. The number of aryl methyl sites for hydroxylation is 2. The highest BCUT2D eigenvalue weighted by atomic mass is 79.9. The standard InChI is InChI=1S/C13H12BrFN4/c1-8-13(14)12(19(2)18-8)7-17-11-5-3-4-10(15)9(11)6-16/h3-5,17H,7H2,1-2H3. The van der Waals surface area contributed by atoms with Crippen LogP contribution in [0.1, 0.15) is 17.0 Å². The normalized spacial score (nSPS) is 10.3. The van der Waals surface area contributed by atoms with Crippen molar-refractivity contribution in [3.05, 3.63) is 45.4 Å². The van der Waals surface area contributed by atoms with Gasteiger partial charge in [0.2, 0.25) is 0 Å². The maximum Gasteiger partial charge on any atom is 0.143 e. The fourth-order valence-electron chi connectivity index (χ4n) is 1.84. The largest absolute Gasteiger partial charge is 0.378 e. The van der Waals surface area contributed by atoms with Crippen molar-refractivity contribution < 1.29 is 4.39 Å². The number of nitrogens with zero attached hydrogens (tertiary/aromatic N) is 3. The van der Waals surface area contributed by atoms with Gasteiger partial charge in [0.05, 0.1) is 28.1 Å². The third kappa shape index (κ3) is 2.61. The maximum atomic E-state index is 13.4. The van der Waals surface area contributed by atoms with Crippen molar-refractivity contribution in [2.24, 2.45) is 7.05 Å². The van der Waals surface area contributed by atoms with Crippen molar-refractivity contribution in [3.63, 3.8) is 0 Å². The lowest BCUT2D eigenvalue weighted by Crippen LogP contribution is -2.07. The number of hydrogen-bond acceptors (Lipinski definition) is 3. The first-order valence-electron chi connectivity index (χ1n) is 5.65. The van der Waals surface area contributed by atoms with Crippen LogP contribution in [-0.4, -0.2) is 9.78 Å². The van der Waals surface area contributed by atoms with E-state index in [1.807, 2.05) is 20.0 Å². The van der Waals surface area contributed by atoms with E-state index in [2.05, 4.69) is 26.3 Å². The second kappa shape index (κ2) is 5.41. The van der Waals surface area contributed by atoms with E-state index >= 15 is 0 Å². The molecule has 98 valence electrons. The number of nitriles is 1. The molecule has 0 aliphatic rings. The van der Waals surface area contributed by atoms with Gasteiger partial charge in [0.25, 0.3) is 0 Å². The number of aromatic nitrogens is 2. The zero-order valence-corrected chi connectivity index (χ0v) is 12.1.